The second kappa shape index (κ2) is 6.60. The number of hydrogen-bond acceptors (Lipinski definition) is 1. The average molecular weight is 326 g/mol. The topological polar surface area (TPSA) is 9.23 Å². The molecule has 0 amide bonds. The molecule has 0 aliphatic heterocycles. The second-order valence-corrected chi connectivity index (χ2v) is 5.40. The van der Waals surface area contributed by atoms with Crippen molar-refractivity contribution in [3.63, 3.8) is 0 Å². The van der Waals surface area contributed by atoms with Gasteiger partial charge in [0.05, 0.1) is 12.7 Å². The molecule has 0 fully saturated rings. The highest BCUT2D eigenvalue weighted by Crippen LogP contribution is 2.42. The lowest BCUT2D eigenvalue weighted by Crippen LogP contribution is -2.08. The molecule has 2 aromatic rings. The Bertz CT molecular complexity index is 705. The SMILES string of the molecule is CCCc1cc(-c2c(OC)cccc2C(F)(F)F)cc(C)c1F. The zero-order chi connectivity index (χ0) is 17.2. The van der Waals surface area contributed by atoms with Crippen molar-refractivity contribution in [1.29, 1.82) is 0 Å². The molecule has 0 bridgehead atoms. The first-order chi connectivity index (χ1) is 10.8. The number of methoxy groups -OCH3 is 1. The van der Waals surface area contributed by atoms with Crippen molar-refractivity contribution in [2.45, 2.75) is 32.9 Å². The van der Waals surface area contributed by atoms with E-state index in [1.54, 1.807) is 6.92 Å². The molecule has 0 heterocycles. The van der Waals surface area contributed by atoms with Crippen LogP contribution in [0.3, 0.4) is 0 Å². The van der Waals surface area contributed by atoms with Crippen molar-refractivity contribution in [3.8, 4) is 16.9 Å². The van der Waals surface area contributed by atoms with Crippen LogP contribution in [0.15, 0.2) is 30.3 Å². The Hall–Kier alpha value is -2.04. The Labute approximate surface area is 132 Å². The van der Waals surface area contributed by atoms with Gasteiger partial charge in [-0.25, -0.2) is 4.39 Å². The lowest BCUT2D eigenvalue weighted by molar-refractivity contribution is -0.137. The molecule has 2 aromatic carbocycles. The Morgan fingerprint density at radius 1 is 1.13 bits per heavy atom. The molecule has 0 atom stereocenters. The molecule has 1 nitrogen and oxygen atoms in total. The summed E-state index contributed by atoms with van der Waals surface area (Å²) in [6, 6.07) is 6.70. The van der Waals surface area contributed by atoms with Crippen LogP contribution in [-0.4, -0.2) is 7.11 Å². The molecule has 0 saturated heterocycles. The van der Waals surface area contributed by atoms with Crippen molar-refractivity contribution in [2.24, 2.45) is 0 Å². The molecule has 124 valence electrons. The number of hydrogen-bond donors (Lipinski definition) is 0. The molecule has 0 saturated carbocycles. The van der Waals surface area contributed by atoms with Crippen LogP contribution in [0.2, 0.25) is 0 Å². The summed E-state index contributed by atoms with van der Waals surface area (Å²) in [6.07, 6.45) is -3.34. The standard InChI is InChI=1S/C18H18F4O/c1-4-6-12-10-13(9-11(2)17(12)19)16-14(18(20,21)22)7-5-8-15(16)23-3/h5,7-10H,4,6H2,1-3H3. The van der Waals surface area contributed by atoms with E-state index in [1.165, 1.54) is 31.4 Å². The van der Waals surface area contributed by atoms with Crippen LogP contribution < -0.4 is 4.74 Å². The maximum atomic E-state index is 14.1. The third-order valence-corrected chi connectivity index (χ3v) is 3.69. The van der Waals surface area contributed by atoms with Crippen molar-refractivity contribution < 1.29 is 22.3 Å². The van der Waals surface area contributed by atoms with Gasteiger partial charge in [-0.15, -0.1) is 0 Å². The zero-order valence-electron chi connectivity index (χ0n) is 13.2. The van der Waals surface area contributed by atoms with Gasteiger partial charge < -0.3 is 4.74 Å². The molecule has 2 rings (SSSR count). The van der Waals surface area contributed by atoms with Gasteiger partial charge in [0.15, 0.2) is 0 Å². The highest BCUT2D eigenvalue weighted by atomic mass is 19.4. The fraction of sp³-hybridized carbons (Fsp3) is 0.333. The van der Waals surface area contributed by atoms with Crippen molar-refractivity contribution >= 4 is 0 Å². The molecular formula is C18H18F4O. The third kappa shape index (κ3) is 3.49. The summed E-state index contributed by atoms with van der Waals surface area (Å²) >= 11 is 0. The first-order valence-electron chi connectivity index (χ1n) is 7.33. The van der Waals surface area contributed by atoms with E-state index in [1.807, 2.05) is 6.92 Å². The van der Waals surface area contributed by atoms with Crippen LogP contribution in [0.1, 0.15) is 30.0 Å². The van der Waals surface area contributed by atoms with Crippen LogP contribution in [0.25, 0.3) is 11.1 Å². The number of alkyl halides is 3. The van der Waals surface area contributed by atoms with Crippen molar-refractivity contribution in [2.75, 3.05) is 7.11 Å². The van der Waals surface area contributed by atoms with E-state index >= 15 is 0 Å². The van der Waals surface area contributed by atoms with Gasteiger partial charge in [0.2, 0.25) is 0 Å². The summed E-state index contributed by atoms with van der Waals surface area (Å²) in [5, 5.41) is 0. The highest BCUT2D eigenvalue weighted by molar-refractivity contribution is 5.75. The predicted molar refractivity (Wildman–Crippen MR) is 82.1 cm³/mol. The summed E-state index contributed by atoms with van der Waals surface area (Å²) in [7, 11) is 1.32. The van der Waals surface area contributed by atoms with Gasteiger partial charge in [-0.3, -0.25) is 0 Å². The van der Waals surface area contributed by atoms with E-state index in [0.717, 1.165) is 6.07 Å². The quantitative estimate of drug-likeness (QED) is 0.647. The molecule has 0 aliphatic rings. The van der Waals surface area contributed by atoms with Crippen LogP contribution in [0, 0.1) is 12.7 Å². The summed E-state index contributed by atoms with van der Waals surface area (Å²) in [4.78, 5) is 0. The van der Waals surface area contributed by atoms with E-state index in [9.17, 15) is 17.6 Å². The average Bonchev–Trinajstić information content (AvgIpc) is 2.50. The molecule has 5 heteroatoms. The number of aryl methyl sites for hydroxylation is 2. The van der Waals surface area contributed by atoms with E-state index in [0.29, 0.717) is 29.5 Å². The molecule has 0 spiro atoms. The van der Waals surface area contributed by atoms with Crippen LogP contribution in [0.5, 0.6) is 5.75 Å². The monoisotopic (exact) mass is 326 g/mol. The zero-order valence-corrected chi connectivity index (χ0v) is 13.2. The Morgan fingerprint density at radius 3 is 2.39 bits per heavy atom. The first kappa shape index (κ1) is 17.3. The van der Waals surface area contributed by atoms with Gasteiger partial charge >= 0.3 is 6.18 Å². The molecule has 0 N–H and O–H groups in total. The second-order valence-electron chi connectivity index (χ2n) is 5.40. The molecule has 0 unspecified atom stereocenters. The summed E-state index contributed by atoms with van der Waals surface area (Å²) in [5.41, 5.74) is 0.219. The fourth-order valence-electron chi connectivity index (χ4n) is 2.67. The lowest BCUT2D eigenvalue weighted by atomic mass is 9.93. The molecule has 0 aromatic heterocycles. The summed E-state index contributed by atoms with van der Waals surface area (Å²) in [6.45, 7) is 3.45. The van der Waals surface area contributed by atoms with Crippen molar-refractivity contribution in [3.05, 3.63) is 52.8 Å². The summed E-state index contributed by atoms with van der Waals surface area (Å²) < 4.78 is 59.3. The number of halogens is 4. The molecule has 23 heavy (non-hydrogen) atoms. The molecule has 0 radical (unpaired) electrons. The minimum Gasteiger partial charge on any atom is -0.496 e. The van der Waals surface area contributed by atoms with Gasteiger partial charge in [-0.1, -0.05) is 19.4 Å². The van der Waals surface area contributed by atoms with Crippen LogP contribution in [0.4, 0.5) is 17.6 Å². The van der Waals surface area contributed by atoms with Crippen LogP contribution in [-0.2, 0) is 12.6 Å². The van der Waals surface area contributed by atoms with E-state index in [2.05, 4.69) is 0 Å². The molecule has 0 aliphatic carbocycles. The third-order valence-electron chi connectivity index (χ3n) is 3.69. The largest absolute Gasteiger partial charge is 0.496 e. The van der Waals surface area contributed by atoms with E-state index < -0.39 is 11.7 Å². The Kier molecular flexibility index (Phi) is 4.97. The number of rotatable bonds is 4. The maximum absolute atomic E-state index is 14.1. The molecular weight excluding hydrogens is 308 g/mol. The number of ether oxygens (including phenoxy) is 1. The lowest BCUT2D eigenvalue weighted by Gasteiger charge is -2.18. The highest BCUT2D eigenvalue weighted by Gasteiger charge is 2.35. The van der Waals surface area contributed by atoms with Gasteiger partial charge in [-0.2, -0.15) is 13.2 Å². The summed E-state index contributed by atoms with van der Waals surface area (Å²) in [5.74, 6) is -0.243. The fourth-order valence-corrected chi connectivity index (χ4v) is 2.67. The van der Waals surface area contributed by atoms with Gasteiger partial charge in [0, 0.05) is 5.56 Å². The van der Waals surface area contributed by atoms with Crippen molar-refractivity contribution in [1.82, 2.24) is 0 Å². The predicted octanol–water partition coefficient (Wildman–Crippen LogP) is 5.78. The minimum atomic E-state index is -4.52. The number of benzene rings is 2. The Morgan fingerprint density at radius 2 is 1.83 bits per heavy atom. The Balaban J connectivity index is 2.75. The van der Waals surface area contributed by atoms with Crippen LogP contribution >= 0.6 is 0 Å². The first-order valence-corrected chi connectivity index (χ1v) is 7.33. The van der Waals surface area contributed by atoms with Gasteiger partial charge in [0.25, 0.3) is 0 Å². The normalized spacial score (nSPS) is 11.6. The smallest absolute Gasteiger partial charge is 0.417 e. The minimum absolute atomic E-state index is 0.0528. The van der Waals surface area contributed by atoms with Gasteiger partial charge in [0.1, 0.15) is 11.6 Å². The van der Waals surface area contributed by atoms with E-state index in [4.69, 9.17) is 4.74 Å². The van der Waals surface area contributed by atoms with Gasteiger partial charge in [-0.05, 0) is 54.3 Å². The van der Waals surface area contributed by atoms with E-state index in [-0.39, 0.29) is 17.1 Å². The maximum Gasteiger partial charge on any atom is 0.417 e.